The van der Waals surface area contributed by atoms with Crippen molar-refractivity contribution in [3.05, 3.63) is 12.2 Å². The molecular formula is C22H44O. The first kappa shape index (κ1) is 22.7. The van der Waals surface area contributed by atoms with Crippen molar-refractivity contribution in [2.75, 3.05) is 6.61 Å². The molecule has 0 aromatic heterocycles. The van der Waals surface area contributed by atoms with Crippen molar-refractivity contribution in [2.24, 2.45) is 0 Å². The van der Waals surface area contributed by atoms with E-state index in [2.05, 4.69) is 39.8 Å². The first-order valence-corrected chi connectivity index (χ1v) is 10.3. The van der Waals surface area contributed by atoms with Crippen molar-refractivity contribution in [1.82, 2.24) is 0 Å². The molecule has 1 heteroatoms. The molecule has 23 heavy (non-hydrogen) atoms. The number of allylic oxidation sites excluding steroid dienone is 2. The SMILES string of the molecule is CCCCCCCC/C=C/CCCCCCCCOC(C)(C)C. The number of hydrogen-bond acceptors (Lipinski definition) is 1. The van der Waals surface area contributed by atoms with Gasteiger partial charge in [-0.1, -0.05) is 76.9 Å². The summed E-state index contributed by atoms with van der Waals surface area (Å²) in [7, 11) is 0. The van der Waals surface area contributed by atoms with Gasteiger partial charge in [-0.3, -0.25) is 0 Å². The lowest BCUT2D eigenvalue weighted by molar-refractivity contribution is -0.00474. The van der Waals surface area contributed by atoms with Gasteiger partial charge in [0.2, 0.25) is 0 Å². The van der Waals surface area contributed by atoms with Crippen molar-refractivity contribution in [3.8, 4) is 0 Å². The maximum atomic E-state index is 5.74. The molecule has 0 bridgehead atoms. The van der Waals surface area contributed by atoms with Gasteiger partial charge in [0.1, 0.15) is 0 Å². The Balaban J connectivity index is 3.11. The highest BCUT2D eigenvalue weighted by Crippen LogP contribution is 2.11. The summed E-state index contributed by atoms with van der Waals surface area (Å²) in [4.78, 5) is 0. The average molecular weight is 325 g/mol. The van der Waals surface area contributed by atoms with Gasteiger partial charge in [-0.25, -0.2) is 0 Å². The Labute approximate surface area is 147 Å². The summed E-state index contributed by atoms with van der Waals surface area (Å²) in [6.45, 7) is 9.60. The standard InChI is InChI=1S/C22H44O/c1-5-6-7-8-9-10-11-12-13-14-15-16-17-18-19-20-21-23-22(2,3)4/h12-13H,5-11,14-21H2,1-4H3/b13-12+. The topological polar surface area (TPSA) is 9.23 Å². The molecule has 0 atom stereocenters. The molecule has 0 fully saturated rings. The molecule has 0 saturated carbocycles. The van der Waals surface area contributed by atoms with Crippen LogP contribution in [0.5, 0.6) is 0 Å². The van der Waals surface area contributed by atoms with Crippen LogP contribution in [0.3, 0.4) is 0 Å². The number of ether oxygens (including phenoxy) is 1. The Morgan fingerprint density at radius 3 is 1.52 bits per heavy atom. The van der Waals surface area contributed by atoms with Crippen molar-refractivity contribution < 1.29 is 4.74 Å². The summed E-state index contributed by atoms with van der Waals surface area (Å²) >= 11 is 0. The molecule has 0 amide bonds. The molecule has 0 saturated heterocycles. The first-order valence-electron chi connectivity index (χ1n) is 10.3. The zero-order valence-electron chi connectivity index (χ0n) is 16.7. The average Bonchev–Trinajstić information content (AvgIpc) is 2.49. The minimum Gasteiger partial charge on any atom is -0.376 e. The molecule has 0 rings (SSSR count). The Morgan fingerprint density at radius 1 is 0.609 bits per heavy atom. The van der Waals surface area contributed by atoms with E-state index in [0.29, 0.717) is 0 Å². The van der Waals surface area contributed by atoms with E-state index in [1.807, 2.05) is 0 Å². The van der Waals surface area contributed by atoms with E-state index in [9.17, 15) is 0 Å². The molecule has 0 aliphatic carbocycles. The van der Waals surface area contributed by atoms with Crippen molar-refractivity contribution in [1.29, 1.82) is 0 Å². The van der Waals surface area contributed by atoms with Crippen molar-refractivity contribution in [3.63, 3.8) is 0 Å². The first-order chi connectivity index (χ1) is 11.1. The molecule has 0 heterocycles. The Hall–Kier alpha value is -0.300. The van der Waals surface area contributed by atoms with Gasteiger partial charge in [0.15, 0.2) is 0 Å². The predicted molar refractivity (Wildman–Crippen MR) is 105 cm³/mol. The van der Waals surface area contributed by atoms with Gasteiger partial charge in [0.25, 0.3) is 0 Å². The summed E-state index contributed by atoms with van der Waals surface area (Å²) in [5.41, 5.74) is 0.0296. The molecule has 0 aromatic carbocycles. The summed E-state index contributed by atoms with van der Waals surface area (Å²) in [5.74, 6) is 0. The van der Waals surface area contributed by atoms with Crippen LogP contribution in [0.2, 0.25) is 0 Å². The van der Waals surface area contributed by atoms with Gasteiger partial charge in [0, 0.05) is 6.61 Å². The number of hydrogen-bond donors (Lipinski definition) is 0. The van der Waals surface area contributed by atoms with Crippen LogP contribution in [-0.4, -0.2) is 12.2 Å². The van der Waals surface area contributed by atoms with Crippen LogP contribution in [0, 0.1) is 0 Å². The molecule has 0 radical (unpaired) electrons. The molecule has 0 unspecified atom stereocenters. The predicted octanol–water partition coefficient (Wildman–Crippen LogP) is 7.84. The minimum atomic E-state index is 0.0296. The normalized spacial score (nSPS) is 12.3. The molecule has 0 aromatic rings. The van der Waals surface area contributed by atoms with Crippen molar-refractivity contribution in [2.45, 2.75) is 123 Å². The van der Waals surface area contributed by atoms with Gasteiger partial charge in [0.05, 0.1) is 5.60 Å². The highest BCUT2D eigenvalue weighted by atomic mass is 16.5. The Kier molecular flexibility index (Phi) is 16.3. The van der Waals surface area contributed by atoms with E-state index >= 15 is 0 Å². The van der Waals surface area contributed by atoms with Crippen LogP contribution >= 0.6 is 0 Å². The summed E-state index contributed by atoms with van der Waals surface area (Å²) in [6.07, 6.45) is 23.9. The Morgan fingerprint density at radius 2 is 1.04 bits per heavy atom. The molecule has 138 valence electrons. The second kappa shape index (κ2) is 16.6. The summed E-state index contributed by atoms with van der Waals surface area (Å²) < 4.78 is 5.74. The molecular weight excluding hydrogens is 280 g/mol. The third-order valence-corrected chi connectivity index (χ3v) is 4.19. The monoisotopic (exact) mass is 324 g/mol. The van der Waals surface area contributed by atoms with Crippen LogP contribution < -0.4 is 0 Å². The quantitative estimate of drug-likeness (QED) is 0.207. The zero-order valence-corrected chi connectivity index (χ0v) is 16.7. The molecule has 0 aliphatic heterocycles. The highest BCUT2D eigenvalue weighted by Gasteiger charge is 2.08. The number of rotatable bonds is 16. The zero-order chi connectivity index (χ0) is 17.2. The van der Waals surface area contributed by atoms with Crippen molar-refractivity contribution >= 4 is 0 Å². The lowest BCUT2D eigenvalue weighted by atomic mass is 10.1. The third kappa shape index (κ3) is 21.7. The molecule has 0 spiro atoms. The highest BCUT2D eigenvalue weighted by molar-refractivity contribution is 4.81. The molecule has 1 nitrogen and oxygen atoms in total. The smallest absolute Gasteiger partial charge is 0.0598 e. The van der Waals surface area contributed by atoms with Crippen LogP contribution in [0.25, 0.3) is 0 Å². The second-order valence-electron chi connectivity index (χ2n) is 7.90. The maximum Gasteiger partial charge on any atom is 0.0598 e. The van der Waals surface area contributed by atoms with E-state index in [-0.39, 0.29) is 5.60 Å². The van der Waals surface area contributed by atoms with E-state index in [1.165, 1.54) is 89.9 Å². The van der Waals surface area contributed by atoms with E-state index < -0.39 is 0 Å². The fourth-order valence-electron chi connectivity index (χ4n) is 2.73. The summed E-state index contributed by atoms with van der Waals surface area (Å²) in [6, 6.07) is 0. The second-order valence-corrected chi connectivity index (χ2v) is 7.90. The van der Waals surface area contributed by atoms with Gasteiger partial charge in [-0.05, 0) is 52.9 Å². The lowest BCUT2D eigenvalue weighted by Gasteiger charge is -2.19. The fraction of sp³-hybridized carbons (Fsp3) is 0.909. The minimum absolute atomic E-state index is 0.0296. The van der Waals surface area contributed by atoms with Crippen LogP contribution in [0.4, 0.5) is 0 Å². The van der Waals surface area contributed by atoms with E-state index in [4.69, 9.17) is 4.74 Å². The fourth-order valence-corrected chi connectivity index (χ4v) is 2.73. The van der Waals surface area contributed by atoms with Gasteiger partial charge < -0.3 is 4.74 Å². The van der Waals surface area contributed by atoms with Crippen LogP contribution in [0.15, 0.2) is 12.2 Å². The maximum absolute atomic E-state index is 5.74. The summed E-state index contributed by atoms with van der Waals surface area (Å²) in [5, 5.41) is 0. The van der Waals surface area contributed by atoms with Gasteiger partial charge in [-0.15, -0.1) is 0 Å². The lowest BCUT2D eigenvalue weighted by Crippen LogP contribution is -2.19. The third-order valence-electron chi connectivity index (χ3n) is 4.19. The molecule has 0 N–H and O–H groups in total. The van der Waals surface area contributed by atoms with Crippen LogP contribution in [-0.2, 0) is 4.74 Å². The molecule has 0 aliphatic rings. The van der Waals surface area contributed by atoms with Gasteiger partial charge >= 0.3 is 0 Å². The Bertz CT molecular complexity index is 249. The van der Waals surface area contributed by atoms with Crippen LogP contribution in [0.1, 0.15) is 118 Å². The van der Waals surface area contributed by atoms with E-state index in [0.717, 1.165) is 6.61 Å². The number of unbranched alkanes of at least 4 members (excludes halogenated alkanes) is 12. The van der Waals surface area contributed by atoms with Gasteiger partial charge in [-0.2, -0.15) is 0 Å². The largest absolute Gasteiger partial charge is 0.376 e. The van der Waals surface area contributed by atoms with E-state index in [1.54, 1.807) is 0 Å².